The molecule has 0 saturated carbocycles. The van der Waals surface area contributed by atoms with E-state index in [0.29, 0.717) is 5.75 Å². The van der Waals surface area contributed by atoms with Gasteiger partial charge in [-0.05, 0) is 132 Å². The van der Waals surface area contributed by atoms with Crippen molar-refractivity contribution in [3.63, 3.8) is 0 Å². The number of benzene rings is 15. The van der Waals surface area contributed by atoms with Crippen molar-refractivity contribution in [2.45, 2.75) is 26.2 Å². The van der Waals surface area contributed by atoms with Crippen LogP contribution in [0.3, 0.4) is 0 Å². The summed E-state index contributed by atoms with van der Waals surface area (Å²) in [5, 5.41) is 6.03. The summed E-state index contributed by atoms with van der Waals surface area (Å²) in [6.45, 7) is 6.16. The van der Waals surface area contributed by atoms with Crippen LogP contribution in [0.2, 0.25) is 0 Å². The van der Waals surface area contributed by atoms with Gasteiger partial charge in [0.2, 0.25) is 0 Å². The second-order valence-corrected chi connectivity index (χ2v) is 28.8. The van der Waals surface area contributed by atoms with E-state index in [0.717, 1.165) is 211 Å². The van der Waals surface area contributed by atoms with Gasteiger partial charge in [0.1, 0.15) is 45.3 Å². The highest BCUT2D eigenvalue weighted by Gasteiger charge is 2.52. The minimum absolute atomic E-state index is 0.386. The van der Waals surface area contributed by atoms with Crippen molar-refractivity contribution < 1.29 is 22.7 Å². The average molecular weight is 1320 g/mol. The molecule has 0 unspecified atom stereocenters. The zero-order chi connectivity index (χ0) is 67.9. The smallest absolute Gasteiger partial charge is 0.260 e. The van der Waals surface area contributed by atoms with E-state index in [1.165, 1.54) is 0 Å². The summed E-state index contributed by atoms with van der Waals surface area (Å²) >= 11 is 0. The number of hydrogen-bond donors (Lipinski definition) is 0. The second kappa shape index (κ2) is 21.8. The first-order valence-electron chi connectivity index (χ1n) is 35.5. The van der Waals surface area contributed by atoms with E-state index >= 15 is 0 Å². The van der Waals surface area contributed by atoms with Crippen molar-refractivity contribution in [3.05, 3.63) is 315 Å². The van der Waals surface area contributed by atoms with E-state index in [9.17, 15) is 0 Å². The Kier molecular flexibility index (Phi) is 12.2. The first kappa shape index (κ1) is 57.9. The molecule has 7 nitrogen and oxygen atoms in total. The maximum atomic E-state index is 8.19. The quantitative estimate of drug-likeness (QED) is 0.147. The molecule has 482 valence electrons. The largest absolute Gasteiger partial charge is 0.459 e. The summed E-state index contributed by atoms with van der Waals surface area (Å²) in [4.78, 5) is 5.11. The van der Waals surface area contributed by atoms with E-state index in [4.69, 9.17) is 22.7 Å². The summed E-state index contributed by atoms with van der Waals surface area (Å²) in [5.74, 6) is 2.98. The number of hydrogen-bond acceptors (Lipinski definition) is 7. The summed E-state index contributed by atoms with van der Waals surface area (Å²) in [5.41, 5.74) is 28.1. The van der Waals surface area contributed by atoms with Crippen LogP contribution >= 0.6 is 0 Å². The van der Waals surface area contributed by atoms with Gasteiger partial charge in [-0.1, -0.05) is 269 Å². The number of para-hydroxylation sites is 3. The molecule has 4 aliphatic rings. The molecule has 0 atom stereocenters. The maximum absolute atomic E-state index is 8.19. The van der Waals surface area contributed by atoms with Gasteiger partial charge >= 0.3 is 0 Å². The lowest BCUT2D eigenvalue weighted by molar-refractivity contribution is 0.470. The summed E-state index contributed by atoms with van der Waals surface area (Å²) < 4.78 is 38.2. The molecular formula is C94H60B2N2O5. The van der Waals surface area contributed by atoms with Crippen LogP contribution in [-0.2, 0) is 5.41 Å². The van der Waals surface area contributed by atoms with Gasteiger partial charge in [-0.15, -0.1) is 0 Å². The Morgan fingerprint density at radius 3 is 1.28 bits per heavy atom. The molecule has 103 heavy (non-hydrogen) atoms. The monoisotopic (exact) mass is 1320 g/mol. The van der Waals surface area contributed by atoms with Crippen LogP contribution in [-0.4, -0.2) is 13.4 Å². The lowest BCUT2D eigenvalue weighted by Gasteiger charge is -2.47. The van der Waals surface area contributed by atoms with Crippen molar-refractivity contribution in [2.24, 2.45) is 0 Å². The Labute approximate surface area is 594 Å². The number of furan rings is 3. The number of rotatable bonds is 7. The Morgan fingerprint density at radius 1 is 0.282 bits per heavy atom. The SMILES string of the molecule is CC(C)(C)c1cc2c3c(c1)N(c1c(-c4ccccc4)ccc4c1oc1ccccc14)c1cc4c5c(c1B3c1ccc(-c3ccccc3)cc1N2c1c(-c2ccccc2)ccc2c1oc1ccccc12)Oc1cc(-c2ccccc2)ccc1B5c1cc(-c2ccccc2)c2oc3ccccc3c2c1O4. The molecule has 0 fully saturated rings. The Hall–Kier alpha value is -13.0. The van der Waals surface area contributed by atoms with Crippen molar-refractivity contribution >= 4 is 146 Å². The molecule has 15 aromatic carbocycles. The third-order valence-corrected chi connectivity index (χ3v) is 22.1. The minimum Gasteiger partial charge on any atom is -0.459 e. The van der Waals surface area contributed by atoms with Crippen LogP contribution in [0.4, 0.5) is 34.1 Å². The molecule has 9 heteroatoms. The van der Waals surface area contributed by atoms with E-state index in [2.05, 4.69) is 340 Å². The molecule has 22 rings (SSSR count). The summed E-state index contributed by atoms with van der Waals surface area (Å²) in [7, 11) is 0. The molecule has 0 saturated heterocycles. The minimum atomic E-state index is -0.465. The first-order chi connectivity index (χ1) is 50.7. The first-order valence-corrected chi connectivity index (χ1v) is 35.5. The number of nitrogens with zero attached hydrogens (tertiary/aromatic N) is 2. The van der Waals surface area contributed by atoms with Crippen molar-refractivity contribution in [2.75, 3.05) is 9.80 Å². The van der Waals surface area contributed by atoms with Crippen LogP contribution < -0.4 is 52.1 Å². The molecule has 0 spiro atoms. The molecule has 0 aliphatic carbocycles. The van der Waals surface area contributed by atoms with Crippen molar-refractivity contribution in [1.29, 1.82) is 0 Å². The number of fused-ring (bicyclic) bond motifs is 19. The predicted octanol–water partition coefficient (Wildman–Crippen LogP) is 21.8. The third-order valence-electron chi connectivity index (χ3n) is 22.1. The highest BCUT2D eigenvalue weighted by Crippen LogP contribution is 2.57. The fourth-order valence-electron chi connectivity index (χ4n) is 17.4. The molecule has 0 bridgehead atoms. The van der Waals surface area contributed by atoms with Crippen molar-refractivity contribution in [1.82, 2.24) is 0 Å². The Morgan fingerprint density at radius 2 is 0.728 bits per heavy atom. The van der Waals surface area contributed by atoms with Crippen LogP contribution in [0.5, 0.6) is 23.0 Å². The van der Waals surface area contributed by atoms with Crippen molar-refractivity contribution in [3.8, 4) is 78.6 Å². The standard InChI is InChI=1S/C94H60B2N2O5/c1-94(2,3)62-51-75-84-76(52-62)98(88-64(58-31-15-7-16-32-58)44-46-68-66-36-20-23-39-79(66)101-91(68)88)77-54-82-86-93(102-81-50-61(56-27-11-5-12-28-56)42-48-72(81)95(86)73-53-70(59-33-17-8-18-34-59)89-83(92(73)103-82)69-37-21-24-40-80(69)99-89)85(77)96(84)71-47-41-60(55-25-9-4-10-26-55)49-74(71)97(75)87-63(57-29-13-6-14-30-57)43-45-67-65-35-19-22-38-78(65)100-90(67)87/h4-54H,1-3H3. The second-order valence-electron chi connectivity index (χ2n) is 28.8. The molecule has 18 aromatic rings. The molecule has 0 amide bonds. The van der Waals surface area contributed by atoms with Gasteiger partial charge in [-0.2, -0.15) is 0 Å². The highest BCUT2D eigenvalue weighted by atomic mass is 16.5. The number of anilines is 6. The van der Waals surface area contributed by atoms with Gasteiger partial charge in [0.15, 0.2) is 11.2 Å². The third kappa shape index (κ3) is 8.48. The van der Waals surface area contributed by atoms with E-state index in [1.807, 2.05) is 0 Å². The normalized spacial score (nSPS) is 13.3. The lowest BCUT2D eigenvalue weighted by Crippen LogP contribution is -2.65. The molecule has 7 heterocycles. The van der Waals surface area contributed by atoms with E-state index in [-0.39, 0.29) is 6.71 Å². The fraction of sp³-hybridized carbons (Fsp3) is 0.0426. The summed E-state index contributed by atoms with van der Waals surface area (Å²) in [6.07, 6.45) is 0. The van der Waals surface area contributed by atoms with E-state index in [1.54, 1.807) is 0 Å². The fourth-order valence-corrected chi connectivity index (χ4v) is 17.4. The van der Waals surface area contributed by atoms with Crippen LogP contribution in [0, 0.1) is 0 Å². The van der Waals surface area contributed by atoms with Gasteiger partial charge in [-0.25, -0.2) is 0 Å². The molecular weight excluding hydrogens is 1260 g/mol. The van der Waals surface area contributed by atoms with Gasteiger partial charge in [-0.3, -0.25) is 0 Å². The topological polar surface area (TPSA) is 64.4 Å². The van der Waals surface area contributed by atoms with Gasteiger partial charge in [0, 0.05) is 77.9 Å². The van der Waals surface area contributed by atoms with Crippen LogP contribution in [0.1, 0.15) is 26.3 Å². The van der Waals surface area contributed by atoms with Crippen LogP contribution in [0.25, 0.3) is 121 Å². The predicted molar refractivity (Wildman–Crippen MR) is 426 cm³/mol. The maximum Gasteiger partial charge on any atom is 0.260 e. The zero-order valence-corrected chi connectivity index (χ0v) is 56.5. The van der Waals surface area contributed by atoms with Gasteiger partial charge in [0.25, 0.3) is 13.4 Å². The van der Waals surface area contributed by atoms with Gasteiger partial charge < -0.3 is 32.5 Å². The highest BCUT2D eigenvalue weighted by molar-refractivity contribution is 7.03. The molecule has 0 N–H and O–H groups in total. The molecule has 3 aromatic heterocycles. The molecule has 4 aliphatic heterocycles. The lowest BCUT2D eigenvalue weighted by atomic mass is 9.30. The van der Waals surface area contributed by atoms with Crippen LogP contribution in [0.15, 0.2) is 323 Å². The van der Waals surface area contributed by atoms with Gasteiger partial charge in [0.05, 0.1) is 16.8 Å². The Bertz CT molecular complexity index is 6620. The zero-order valence-electron chi connectivity index (χ0n) is 56.5. The average Bonchev–Trinajstić information content (AvgIpc) is 1.17. The molecule has 0 radical (unpaired) electrons. The number of ether oxygens (including phenoxy) is 2. The summed E-state index contributed by atoms with van der Waals surface area (Å²) in [6, 6.07) is 112. The van der Waals surface area contributed by atoms with E-state index < -0.39 is 12.1 Å². The Balaban J connectivity index is 0.932.